The van der Waals surface area contributed by atoms with Crippen LogP contribution in [0.2, 0.25) is 0 Å². The van der Waals surface area contributed by atoms with Crippen LogP contribution >= 0.6 is 0 Å². The number of hydrogen-bond donors (Lipinski definition) is 1. The Hall–Kier alpha value is 0.921. The van der Waals surface area contributed by atoms with Gasteiger partial charge in [-0.1, -0.05) is 0 Å². The van der Waals surface area contributed by atoms with Gasteiger partial charge in [-0.25, -0.2) is 0 Å². The average Bonchev–Trinajstić information content (AvgIpc) is 1.35. The van der Waals surface area contributed by atoms with Gasteiger partial charge in [-0.05, 0) is 0 Å². The molecule has 0 aliphatic carbocycles. The molecule has 0 heterocycles. The summed E-state index contributed by atoms with van der Waals surface area (Å²) < 4.78 is 30.0. The van der Waals surface area contributed by atoms with Gasteiger partial charge in [-0.3, -0.25) is 0 Å². The quantitative estimate of drug-likeness (QED) is 0.582. The molecule has 0 bridgehead atoms. The zero-order valence-electron chi connectivity index (χ0n) is 3.16. The zero-order valence-corrected chi connectivity index (χ0v) is 8.78. The van der Waals surface area contributed by atoms with E-state index in [0.717, 1.165) is 0 Å². The van der Waals surface area contributed by atoms with Gasteiger partial charge in [0.2, 0.25) is 0 Å². The molecule has 0 fully saturated rings. The van der Waals surface area contributed by atoms with E-state index in [4.69, 9.17) is 4.55 Å². The van der Waals surface area contributed by atoms with E-state index in [1.54, 1.807) is 0 Å². The van der Waals surface area contributed by atoms with E-state index >= 15 is 0 Å². The first-order valence-corrected chi connectivity index (χ1v) is 4.25. The van der Waals surface area contributed by atoms with Crippen molar-refractivity contribution < 1.29 is 51.1 Å². The maximum atomic E-state index is 9.38. The molecular formula is H3O5PaS. The predicted molar refractivity (Wildman–Crippen MR) is 16.2 cm³/mol. The molecule has 0 radical (unpaired) electrons. The van der Waals surface area contributed by atoms with E-state index in [0.29, 0.717) is 0 Å². The van der Waals surface area contributed by atoms with Crippen molar-refractivity contribution in [3.8, 4) is 0 Å². The van der Waals surface area contributed by atoms with E-state index in [2.05, 4.69) is 1.55 Å². The molecule has 42 valence electrons. The first kappa shape index (κ1) is 10.8. The van der Waals surface area contributed by atoms with E-state index < -0.39 is 10.4 Å². The summed E-state index contributed by atoms with van der Waals surface area (Å²) in [5, 5.41) is 0. The molecule has 7 heteroatoms. The summed E-state index contributed by atoms with van der Waals surface area (Å²) >= 11 is -0.299. The van der Waals surface area contributed by atoms with Crippen LogP contribution in [-0.2, 0) is 11.9 Å². The Balaban J connectivity index is 0. The molecule has 3 N–H and O–H groups in total. The summed E-state index contributed by atoms with van der Waals surface area (Å²) in [5.41, 5.74) is 0. The average molecular weight is 346 g/mol. The third-order valence-electron chi connectivity index (χ3n) is 0.122. The zero-order chi connectivity index (χ0) is 5.21. The minimum absolute atomic E-state index is 0. The van der Waals surface area contributed by atoms with Gasteiger partial charge in [0, 0.05) is 0 Å². The van der Waals surface area contributed by atoms with Gasteiger partial charge < -0.3 is 5.48 Å². The Bertz CT molecular complexity index is 110. The molecule has 0 saturated carbocycles. The first-order valence-electron chi connectivity index (χ1n) is 0.918. The van der Waals surface area contributed by atoms with Gasteiger partial charge in [0.25, 0.3) is 0 Å². The molecule has 0 spiro atoms. The van der Waals surface area contributed by atoms with Gasteiger partial charge in [0.15, 0.2) is 0 Å². The standard InChI is InChI=1S/H2O4S.H2O.Pa/c1-5(2,3)4;;/h(H2,1,2,3,4);1H2;/q;;+1/p-1. The van der Waals surface area contributed by atoms with E-state index in [-0.39, 0.29) is 36.5 Å². The minimum atomic E-state index is -4.08. The van der Waals surface area contributed by atoms with Crippen LogP contribution in [0.4, 0.5) is 0 Å². The fourth-order valence-electron chi connectivity index (χ4n) is 0. The first-order chi connectivity index (χ1) is 2.56. The monoisotopic (exact) mass is 346 g/mol. The second-order valence-corrected chi connectivity index (χ2v) is 3.98. The Labute approximate surface area is 61.3 Å². The Morgan fingerprint density at radius 2 is 1.71 bits per heavy atom. The molecular weight excluding hydrogens is 343 g/mol. The normalized spacial score (nSPS) is 10.1. The summed E-state index contributed by atoms with van der Waals surface area (Å²) in [5.74, 6) is 0. The summed E-state index contributed by atoms with van der Waals surface area (Å²) in [6.07, 6.45) is 0. The van der Waals surface area contributed by atoms with Gasteiger partial charge >= 0.3 is 56.0 Å². The fraction of sp³-hybridized carbons (Fsp3) is 0. The Kier molecular flexibility index (Phi) is 5.98. The molecule has 5 nitrogen and oxygen atoms in total. The summed E-state index contributed by atoms with van der Waals surface area (Å²) in [7, 11) is -4.08. The van der Waals surface area contributed by atoms with Crippen LogP contribution in [0.5, 0.6) is 0 Å². The molecule has 0 atom stereocenters. The van der Waals surface area contributed by atoms with Crippen LogP contribution in [0.1, 0.15) is 0 Å². The molecule has 0 aliphatic heterocycles. The molecule has 7 heavy (non-hydrogen) atoms. The van der Waals surface area contributed by atoms with Crippen LogP contribution < -0.4 is 0 Å². The SMILES string of the molecule is O.O=S(=O)(O)[O][Pa]. The summed E-state index contributed by atoms with van der Waals surface area (Å²) in [6, 6.07) is 0. The fourth-order valence-corrected chi connectivity index (χ4v) is 0. The van der Waals surface area contributed by atoms with Gasteiger partial charge in [-0.2, -0.15) is 0 Å². The third-order valence-corrected chi connectivity index (χ3v) is 3.40. The predicted octanol–water partition coefficient (Wildman–Crippen LogP) is -1.55. The third kappa shape index (κ3) is 10.9. The second kappa shape index (κ2) is 3.87. The van der Waals surface area contributed by atoms with E-state index in [9.17, 15) is 8.42 Å². The van der Waals surface area contributed by atoms with E-state index in [1.807, 2.05) is 0 Å². The van der Waals surface area contributed by atoms with Crippen LogP contribution in [0.3, 0.4) is 0 Å². The molecule has 0 aliphatic rings. The van der Waals surface area contributed by atoms with Crippen LogP contribution in [-0.4, -0.2) is 18.4 Å². The number of rotatable bonds is 1. The van der Waals surface area contributed by atoms with Crippen molar-refractivity contribution in [3.05, 3.63) is 0 Å². The van der Waals surface area contributed by atoms with Crippen molar-refractivity contribution in [1.82, 2.24) is 0 Å². The molecule has 0 rings (SSSR count). The van der Waals surface area contributed by atoms with Crippen LogP contribution in [0, 0.1) is 31.1 Å². The molecule has 0 aromatic heterocycles. The molecule has 0 amide bonds. The second-order valence-electron chi connectivity index (χ2n) is 0.524. The van der Waals surface area contributed by atoms with Gasteiger partial charge in [0.1, 0.15) is 0 Å². The maximum absolute atomic E-state index is 9.38. The molecule has 0 unspecified atom stereocenters. The Morgan fingerprint density at radius 3 is 1.71 bits per heavy atom. The van der Waals surface area contributed by atoms with Crippen molar-refractivity contribution in [2.45, 2.75) is 0 Å². The van der Waals surface area contributed by atoms with Crippen LogP contribution in [0.25, 0.3) is 0 Å². The van der Waals surface area contributed by atoms with Crippen molar-refractivity contribution in [2.24, 2.45) is 0 Å². The number of hydrogen-bond acceptors (Lipinski definition) is 3. The van der Waals surface area contributed by atoms with E-state index in [1.165, 1.54) is 0 Å². The summed E-state index contributed by atoms with van der Waals surface area (Å²) in [4.78, 5) is 0. The van der Waals surface area contributed by atoms with Crippen molar-refractivity contribution in [2.75, 3.05) is 0 Å². The Morgan fingerprint density at radius 1 is 1.57 bits per heavy atom. The van der Waals surface area contributed by atoms with Crippen molar-refractivity contribution in [3.63, 3.8) is 0 Å². The van der Waals surface area contributed by atoms with Crippen molar-refractivity contribution in [1.29, 1.82) is 0 Å². The van der Waals surface area contributed by atoms with Crippen LogP contribution in [0.15, 0.2) is 0 Å². The molecule has 0 saturated heterocycles. The summed E-state index contributed by atoms with van der Waals surface area (Å²) in [6.45, 7) is 0. The van der Waals surface area contributed by atoms with Gasteiger partial charge in [0.05, 0.1) is 0 Å². The van der Waals surface area contributed by atoms with Crippen molar-refractivity contribution >= 4 is 10.4 Å². The molecule has 0 aromatic rings. The van der Waals surface area contributed by atoms with Gasteiger partial charge in [-0.15, -0.1) is 0 Å². The molecule has 0 aromatic carbocycles. The topological polar surface area (TPSA) is 95.1 Å².